The summed E-state index contributed by atoms with van der Waals surface area (Å²) in [6.45, 7) is 0. The third-order valence-electron chi connectivity index (χ3n) is 4.92. The second kappa shape index (κ2) is 6.90. The Bertz CT molecular complexity index is 893. The van der Waals surface area contributed by atoms with Gasteiger partial charge in [0, 0.05) is 12.0 Å². The van der Waals surface area contributed by atoms with Crippen LogP contribution in [-0.4, -0.2) is 5.78 Å². The van der Waals surface area contributed by atoms with Gasteiger partial charge in [-0.15, -0.1) is 0 Å². The first kappa shape index (κ1) is 15.6. The molecule has 25 heavy (non-hydrogen) atoms. The Morgan fingerprint density at radius 3 is 1.72 bits per heavy atom. The van der Waals surface area contributed by atoms with E-state index >= 15 is 0 Å². The number of benzene rings is 3. The summed E-state index contributed by atoms with van der Waals surface area (Å²) in [7, 11) is 0. The highest BCUT2D eigenvalue weighted by atomic mass is 16.1. The average molecular weight is 324 g/mol. The van der Waals surface area contributed by atoms with Gasteiger partial charge in [-0.2, -0.15) is 0 Å². The zero-order valence-corrected chi connectivity index (χ0v) is 14.1. The molecule has 0 bridgehead atoms. The van der Waals surface area contributed by atoms with E-state index in [2.05, 4.69) is 36.4 Å². The zero-order chi connectivity index (χ0) is 17.1. The van der Waals surface area contributed by atoms with Gasteiger partial charge in [-0.05, 0) is 34.6 Å². The molecule has 0 saturated heterocycles. The smallest absolute Gasteiger partial charge is 0.164 e. The Morgan fingerprint density at radius 1 is 0.600 bits per heavy atom. The zero-order valence-electron chi connectivity index (χ0n) is 14.1. The predicted molar refractivity (Wildman–Crippen MR) is 103 cm³/mol. The number of carbonyl (C=O) groups excluding carboxylic acids is 1. The SMILES string of the molecule is O=C1CC(c2ccccc2)CC(c2ccccc2)=C1c1ccccc1. The molecule has 0 aliphatic heterocycles. The van der Waals surface area contributed by atoms with Crippen molar-refractivity contribution in [3.63, 3.8) is 0 Å². The molecule has 1 aliphatic carbocycles. The first-order valence-corrected chi connectivity index (χ1v) is 8.75. The summed E-state index contributed by atoms with van der Waals surface area (Å²) in [4.78, 5) is 13.1. The van der Waals surface area contributed by atoms with Crippen LogP contribution in [0.1, 0.15) is 35.4 Å². The molecule has 1 aliphatic rings. The van der Waals surface area contributed by atoms with Crippen LogP contribution in [0, 0.1) is 0 Å². The lowest BCUT2D eigenvalue weighted by Crippen LogP contribution is -2.17. The topological polar surface area (TPSA) is 17.1 Å². The van der Waals surface area contributed by atoms with Crippen LogP contribution in [0.15, 0.2) is 91.0 Å². The van der Waals surface area contributed by atoms with Gasteiger partial charge in [-0.1, -0.05) is 91.0 Å². The second-order valence-corrected chi connectivity index (χ2v) is 6.52. The third-order valence-corrected chi connectivity index (χ3v) is 4.92. The monoisotopic (exact) mass is 324 g/mol. The lowest BCUT2D eigenvalue weighted by Gasteiger charge is -2.27. The van der Waals surface area contributed by atoms with Crippen molar-refractivity contribution in [2.45, 2.75) is 18.8 Å². The molecule has 4 rings (SSSR count). The molecule has 0 aromatic heterocycles. The van der Waals surface area contributed by atoms with Crippen molar-refractivity contribution in [2.24, 2.45) is 0 Å². The molecule has 3 aromatic carbocycles. The van der Waals surface area contributed by atoms with Crippen LogP contribution in [0.4, 0.5) is 0 Å². The van der Waals surface area contributed by atoms with E-state index in [1.54, 1.807) is 0 Å². The van der Waals surface area contributed by atoms with E-state index in [1.165, 1.54) is 5.56 Å². The fraction of sp³-hybridized carbons (Fsp3) is 0.125. The van der Waals surface area contributed by atoms with Crippen LogP contribution in [0.3, 0.4) is 0 Å². The first-order chi connectivity index (χ1) is 12.3. The van der Waals surface area contributed by atoms with Gasteiger partial charge in [-0.3, -0.25) is 4.79 Å². The van der Waals surface area contributed by atoms with E-state index in [1.807, 2.05) is 54.6 Å². The van der Waals surface area contributed by atoms with Gasteiger partial charge in [0.15, 0.2) is 5.78 Å². The van der Waals surface area contributed by atoms with Gasteiger partial charge < -0.3 is 0 Å². The van der Waals surface area contributed by atoms with Gasteiger partial charge in [-0.25, -0.2) is 0 Å². The van der Waals surface area contributed by atoms with E-state index < -0.39 is 0 Å². The number of rotatable bonds is 3. The second-order valence-electron chi connectivity index (χ2n) is 6.52. The highest BCUT2D eigenvalue weighted by Gasteiger charge is 2.29. The maximum atomic E-state index is 13.1. The molecular weight excluding hydrogens is 304 g/mol. The number of allylic oxidation sites excluding steroid dienone is 2. The fourth-order valence-electron chi connectivity index (χ4n) is 3.72. The quantitative estimate of drug-likeness (QED) is 0.600. The van der Waals surface area contributed by atoms with E-state index in [0.29, 0.717) is 6.42 Å². The molecule has 3 aromatic rings. The van der Waals surface area contributed by atoms with E-state index in [0.717, 1.165) is 28.7 Å². The Kier molecular flexibility index (Phi) is 4.30. The number of ketones is 1. The van der Waals surface area contributed by atoms with Gasteiger partial charge in [0.25, 0.3) is 0 Å². The standard InChI is InChI=1S/C24H20O/c25-23-17-21(18-10-4-1-5-11-18)16-22(19-12-6-2-7-13-19)24(23)20-14-8-3-9-15-20/h1-15,21H,16-17H2. The van der Waals surface area contributed by atoms with Crippen molar-refractivity contribution >= 4 is 16.9 Å². The van der Waals surface area contributed by atoms with Crippen LogP contribution in [0.2, 0.25) is 0 Å². The van der Waals surface area contributed by atoms with Crippen LogP contribution >= 0.6 is 0 Å². The molecule has 0 radical (unpaired) electrons. The minimum absolute atomic E-state index is 0.241. The summed E-state index contributed by atoms with van der Waals surface area (Å²) < 4.78 is 0. The number of hydrogen-bond donors (Lipinski definition) is 0. The molecule has 1 unspecified atom stereocenters. The largest absolute Gasteiger partial charge is 0.294 e. The molecule has 1 heteroatoms. The summed E-state index contributed by atoms with van der Waals surface area (Å²) >= 11 is 0. The fourth-order valence-corrected chi connectivity index (χ4v) is 3.72. The van der Waals surface area contributed by atoms with E-state index in [9.17, 15) is 4.79 Å². The molecule has 0 amide bonds. The normalized spacial score (nSPS) is 17.6. The minimum atomic E-state index is 0.241. The Hall–Kier alpha value is -2.93. The Morgan fingerprint density at radius 2 is 1.12 bits per heavy atom. The maximum Gasteiger partial charge on any atom is 0.164 e. The van der Waals surface area contributed by atoms with Gasteiger partial charge >= 0.3 is 0 Å². The van der Waals surface area contributed by atoms with Crippen molar-refractivity contribution in [1.82, 2.24) is 0 Å². The molecular formula is C24H20O. The molecule has 122 valence electrons. The van der Waals surface area contributed by atoms with E-state index in [4.69, 9.17) is 0 Å². The molecule has 0 saturated carbocycles. The average Bonchev–Trinajstić information content (AvgIpc) is 2.69. The van der Waals surface area contributed by atoms with E-state index in [-0.39, 0.29) is 11.7 Å². The maximum absolute atomic E-state index is 13.1. The Balaban J connectivity index is 1.84. The molecule has 1 atom stereocenters. The molecule has 0 fully saturated rings. The summed E-state index contributed by atoms with van der Waals surface area (Å²) in [6.07, 6.45) is 1.47. The Labute approximate surface area is 148 Å². The number of Topliss-reactive ketones (excluding diaryl/α,β-unsaturated/α-hetero) is 1. The minimum Gasteiger partial charge on any atom is -0.294 e. The summed E-state index contributed by atoms with van der Waals surface area (Å²) in [5.41, 5.74) is 5.47. The molecule has 0 heterocycles. The molecule has 0 N–H and O–H groups in total. The first-order valence-electron chi connectivity index (χ1n) is 8.75. The highest BCUT2D eigenvalue weighted by Crippen LogP contribution is 2.42. The third kappa shape index (κ3) is 3.18. The lowest BCUT2D eigenvalue weighted by atomic mass is 9.75. The van der Waals surface area contributed by atoms with Gasteiger partial charge in [0.1, 0.15) is 0 Å². The van der Waals surface area contributed by atoms with Gasteiger partial charge in [0.2, 0.25) is 0 Å². The van der Waals surface area contributed by atoms with Crippen molar-refractivity contribution in [2.75, 3.05) is 0 Å². The van der Waals surface area contributed by atoms with Gasteiger partial charge in [0.05, 0.1) is 0 Å². The van der Waals surface area contributed by atoms with Crippen LogP contribution in [-0.2, 0) is 4.79 Å². The summed E-state index contributed by atoms with van der Waals surface area (Å²) in [6, 6.07) is 30.8. The number of carbonyl (C=O) groups is 1. The van der Waals surface area contributed by atoms with Crippen molar-refractivity contribution in [3.05, 3.63) is 108 Å². The molecule has 0 spiro atoms. The van der Waals surface area contributed by atoms with Crippen LogP contribution < -0.4 is 0 Å². The van der Waals surface area contributed by atoms with Crippen molar-refractivity contribution in [3.8, 4) is 0 Å². The number of hydrogen-bond acceptors (Lipinski definition) is 1. The lowest BCUT2D eigenvalue weighted by molar-refractivity contribution is -0.114. The highest BCUT2D eigenvalue weighted by molar-refractivity contribution is 6.29. The van der Waals surface area contributed by atoms with Crippen LogP contribution in [0.25, 0.3) is 11.1 Å². The predicted octanol–water partition coefficient (Wildman–Crippen LogP) is 5.74. The van der Waals surface area contributed by atoms with Crippen molar-refractivity contribution < 1.29 is 4.79 Å². The van der Waals surface area contributed by atoms with Crippen molar-refractivity contribution in [1.29, 1.82) is 0 Å². The molecule has 1 nitrogen and oxygen atoms in total. The summed E-state index contributed by atoms with van der Waals surface area (Å²) in [5, 5.41) is 0. The van der Waals surface area contributed by atoms with Crippen LogP contribution in [0.5, 0.6) is 0 Å². The summed E-state index contributed by atoms with van der Waals surface area (Å²) in [5.74, 6) is 0.488.